The van der Waals surface area contributed by atoms with Crippen LogP contribution in [-0.4, -0.2) is 9.78 Å². The Bertz CT molecular complexity index is 548. The number of benzene rings is 1. The first kappa shape index (κ1) is 11.1. The van der Waals surface area contributed by atoms with Gasteiger partial charge in [0.25, 0.3) is 0 Å². The number of aryl methyl sites for hydroxylation is 1. The van der Waals surface area contributed by atoms with Crippen LogP contribution in [0.3, 0.4) is 0 Å². The van der Waals surface area contributed by atoms with Crippen LogP contribution in [0.1, 0.15) is 11.4 Å². The van der Waals surface area contributed by atoms with Crippen molar-refractivity contribution in [3.05, 3.63) is 39.9 Å². The van der Waals surface area contributed by atoms with Crippen molar-refractivity contribution in [1.29, 1.82) is 0 Å². The SMILES string of the molecule is Cc1nn(-c2ccc(F)cc2N)c(C)c1Br. The predicted octanol–water partition coefficient (Wildman–Crippen LogP) is 2.97. The molecule has 2 rings (SSSR count). The summed E-state index contributed by atoms with van der Waals surface area (Å²) in [5, 5.41) is 4.34. The van der Waals surface area contributed by atoms with Gasteiger partial charge < -0.3 is 5.73 Å². The van der Waals surface area contributed by atoms with Crippen LogP contribution in [0.15, 0.2) is 22.7 Å². The number of anilines is 1. The van der Waals surface area contributed by atoms with E-state index in [-0.39, 0.29) is 5.82 Å². The van der Waals surface area contributed by atoms with Gasteiger partial charge in [-0.3, -0.25) is 0 Å². The second-order valence-electron chi connectivity index (χ2n) is 3.60. The zero-order valence-corrected chi connectivity index (χ0v) is 10.5. The van der Waals surface area contributed by atoms with Crippen LogP contribution in [0, 0.1) is 19.7 Å². The van der Waals surface area contributed by atoms with Gasteiger partial charge in [0.1, 0.15) is 5.82 Å². The fourth-order valence-electron chi connectivity index (χ4n) is 1.58. The smallest absolute Gasteiger partial charge is 0.125 e. The van der Waals surface area contributed by atoms with Crippen molar-refractivity contribution in [2.75, 3.05) is 5.73 Å². The van der Waals surface area contributed by atoms with E-state index in [1.807, 2.05) is 13.8 Å². The lowest BCUT2D eigenvalue weighted by molar-refractivity contribution is 0.627. The summed E-state index contributed by atoms with van der Waals surface area (Å²) in [7, 11) is 0. The molecule has 16 heavy (non-hydrogen) atoms. The zero-order valence-electron chi connectivity index (χ0n) is 8.96. The molecule has 0 amide bonds. The summed E-state index contributed by atoms with van der Waals surface area (Å²) < 4.78 is 15.6. The number of hydrogen-bond donors (Lipinski definition) is 1. The normalized spacial score (nSPS) is 10.8. The molecule has 0 aliphatic heterocycles. The molecule has 1 aromatic carbocycles. The van der Waals surface area contributed by atoms with E-state index in [1.54, 1.807) is 10.7 Å². The van der Waals surface area contributed by atoms with E-state index in [4.69, 9.17) is 5.73 Å². The molecule has 0 aliphatic carbocycles. The third-order valence-corrected chi connectivity index (χ3v) is 3.57. The maximum atomic E-state index is 12.9. The lowest BCUT2D eigenvalue weighted by Crippen LogP contribution is -2.03. The Kier molecular flexibility index (Phi) is 2.71. The monoisotopic (exact) mass is 283 g/mol. The van der Waals surface area contributed by atoms with Crippen molar-refractivity contribution in [3.8, 4) is 5.69 Å². The van der Waals surface area contributed by atoms with Gasteiger partial charge in [0, 0.05) is 0 Å². The number of halogens is 2. The van der Waals surface area contributed by atoms with Crippen LogP contribution in [0.5, 0.6) is 0 Å². The van der Waals surface area contributed by atoms with E-state index in [0.29, 0.717) is 11.4 Å². The Labute approximate surface area is 101 Å². The van der Waals surface area contributed by atoms with Crippen molar-refractivity contribution >= 4 is 21.6 Å². The van der Waals surface area contributed by atoms with Gasteiger partial charge in [0.2, 0.25) is 0 Å². The number of hydrogen-bond acceptors (Lipinski definition) is 2. The number of nitrogen functional groups attached to an aromatic ring is 1. The minimum absolute atomic E-state index is 0.346. The second-order valence-corrected chi connectivity index (χ2v) is 4.39. The quantitative estimate of drug-likeness (QED) is 0.818. The summed E-state index contributed by atoms with van der Waals surface area (Å²) in [4.78, 5) is 0. The molecule has 0 aliphatic rings. The first-order valence-electron chi connectivity index (χ1n) is 4.78. The third kappa shape index (κ3) is 1.71. The molecule has 0 radical (unpaired) electrons. The van der Waals surface area contributed by atoms with Crippen LogP contribution >= 0.6 is 15.9 Å². The molecule has 1 aromatic heterocycles. The van der Waals surface area contributed by atoms with Gasteiger partial charge in [-0.25, -0.2) is 9.07 Å². The van der Waals surface area contributed by atoms with Gasteiger partial charge in [-0.1, -0.05) is 0 Å². The maximum absolute atomic E-state index is 12.9. The highest BCUT2D eigenvalue weighted by Gasteiger charge is 2.12. The molecule has 3 nitrogen and oxygen atoms in total. The summed E-state index contributed by atoms with van der Waals surface area (Å²) in [6.07, 6.45) is 0. The van der Waals surface area contributed by atoms with Crippen molar-refractivity contribution < 1.29 is 4.39 Å². The summed E-state index contributed by atoms with van der Waals surface area (Å²) in [5.41, 5.74) is 8.64. The highest BCUT2D eigenvalue weighted by Crippen LogP contribution is 2.25. The van der Waals surface area contributed by atoms with Gasteiger partial charge in [-0.05, 0) is 48.0 Å². The summed E-state index contributed by atoms with van der Waals surface area (Å²) in [6.45, 7) is 3.82. The van der Waals surface area contributed by atoms with Crippen LogP contribution in [-0.2, 0) is 0 Å². The summed E-state index contributed by atoms with van der Waals surface area (Å²) in [6, 6.07) is 4.28. The Morgan fingerprint density at radius 2 is 2.06 bits per heavy atom. The zero-order chi connectivity index (χ0) is 11.9. The number of nitrogens with two attached hydrogens (primary N) is 1. The van der Waals surface area contributed by atoms with Gasteiger partial charge in [-0.2, -0.15) is 5.10 Å². The molecule has 5 heteroatoms. The highest BCUT2D eigenvalue weighted by atomic mass is 79.9. The largest absolute Gasteiger partial charge is 0.397 e. The second kappa shape index (κ2) is 3.90. The Hall–Kier alpha value is -1.36. The first-order valence-corrected chi connectivity index (χ1v) is 5.57. The average molecular weight is 284 g/mol. The van der Waals surface area contributed by atoms with Crippen LogP contribution in [0.25, 0.3) is 5.69 Å². The molecule has 2 aromatic rings. The van der Waals surface area contributed by atoms with Crippen LogP contribution in [0.4, 0.5) is 10.1 Å². The highest BCUT2D eigenvalue weighted by molar-refractivity contribution is 9.10. The molecule has 0 atom stereocenters. The molecule has 0 spiro atoms. The van der Waals surface area contributed by atoms with Crippen molar-refractivity contribution in [3.63, 3.8) is 0 Å². The summed E-state index contributed by atoms with van der Waals surface area (Å²) in [5.74, 6) is -0.346. The van der Waals surface area contributed by atoms with E-state index >= 15 is 0 Å². The lowest BCUT2D eigenvalue weighted by Gasteiger charge is -2.07. The molecule has 0 saturated carbocycles. The topological polar surface area (TPSA) is 43.8 Å². The molecule has 0 fully saturated rings. The predicted molar refractivity (Wildman–Crippen MR) is 65.1 cm³/mol. The number of rotatable bonds is 1. The lowest BCUT2D eigenvalue weighted by atomic mass is 10.2. The Balaban J connectivity index is 2.63. The van der Waals surface area contributed by atoms with Crippen molar-refractivity contribution in [1.82, 2.24) is 9.78 Å². The van der Waals surface area contributed by atoms with E-state index in [9.17, 15) is 4.39 Å². The standard InChI is InChI=1S/C11H11BrFN3/c1-6-11(12)7(2)16(15-6)10-4-3-8(13)5-9(10)14/h3-5H,14H2,1-2H3. The van der Waals surface area contributed by atoms with Crippen LogP contribution in [0.2, 0.25) is 0 Å². The average Bonchev–Trinajstić information content (AvgIpc) is 2.46. The first-order chi connectivity index (χ1) is 7.50. The molecule has 84 valence electrons. The van der Waals surface area contributed by atoms with E-state index in [2.05, 4.69) is 21.0 Å². The fourth-order valence-corrected chi connectivity index (χ4v) is 1.82. The fraction of sp³-hybridized carbons (Fsp3) is 0.182. The van der Waals surface area contributed by atoms with E-state index in [1.165, 1.54) is 12.1 Å². The molecule has 2 N–H and O–H groups in total. The number of aromatic nitrogens is 2. The Morgan fingerprint density at radius 3 is 2.56 bits per heavy atom. The van der Waals surface area contributed by atoms with Crippen LogP contribution < -0.4 is 5.73 Å². The van der Waals surface area contributed by atoms with Crippen molar-refractivity contribution in [2.45, 2.75) is 13.8 Å². The van der Waals surface area contributed by atoms with Crippen molar-refractivity contribution in [2.24, 2.45) is 0 Å². The molecular formula is C11H11BrFN3. The minimum Gasteiger partial charge on any atom is -0.397 e. The van der Waals surface area contributed by atoms with Gasteiger partial charge >= 0.3 is 0 Å². The van der Waals surface area contributed by atoms with Gasteiger partial charge in [0.15, 0.2) is 0 Å². The molecule has 0 saturated heterocycles. The minimum atomic E-state index is -0.346. The van der Waals surface area contributed by atoms with Gasteiger partial charge in [0.05, 0.1) is 27.2 Å². The summed E-state index contributed by atoms with van der Waals surface area (Å²) >= 11 is 3.44. The van der Waals surface area contributed by atoms with E-state index < -0.39 is 0 Å². The Morgan fingerprint density at radius 1 is 1.38 bits per heavy atom. The third-order valence-electron chi connectivity index (χ3n) is 2.42. The molecule has 1 heterocycles. The van der Waals surface area contributed by atoms with E-state index in [0.717, 1.165) is 15.9 Å². The maximum Gasteiger partial charge on any atom is 0.125 e. The molecular weight excluding hydrogens is 273 g/mol. The van der Waals surface area contributed by atoms with Gasteiger partial charge in [-0.15, -0.1) is 0 Å². The number of nitrogens with zero attached hydrogens (tertiary/aromatic N) is 2. The molecule has 0 bridgehead atoms. The molecule has 0 unspecified atom stereocenters.